The first-order valence-electron chi connectivity index (χ1n) is 5.19. The van der Waals surface area contributed by atoms with Gasteiger partial charge in [0.1, 0.15) is 5.60 Å². The largest absolute Gasteiger partial charge is 0.444 e. The second kappa shape index (κ2) is 4.17. The summed E-state index contributed by atoms with van der Waals surface area (Å²) in [7, 11) is 0. The zero-order chi connectivity index (χ0) is 10.8. The topological polar surface area (TPSA) is 54.9 Å². The van der Waals surface area contributed by atoms with Gasteiger partial charge in [-0.2, -0.15) is 0 Å². The molecule has 4 nitrogen and oxygen atoms in total. The molecule has 0 aromatic rings. The lowest BCUT2D eigenvalue weighted by Crippen LogP contribution is -2.82. The number of carbonyl (C=O) groups excluding carboxylic acids is 1. The molecule has 2 atom stereocenters. The molecule has 1 aliphatic rings. The first-order valence-corrected chi connectivity index (χ1v) is 5.19. The van der Waals surface area contributed by atoms with Gasteiger partial charge in [-0.3, -0.25) is 0 Å². The molecule has 1 amide bonds. The molecule has 0 aromatic carbocycles. The second-order valence-electron chi connectivity index (χ2n) is 4.99. The van der Waals surface area contributed by atoms with Gasteiger partial charge in [0, 0.05) is 5.92 Å². The van der Waals surface area contributed by atoms with E-state index in [9.17, 15) is 4.79 Å². The summed E-state index contributed by atoms with van der Waals surface area (Å²) in [6, 6.07) is 0.254. The molecule has 0 bridgehead atoms. The van der Waals surface area contributed by atoms with Gasteiger partial charge in [-0.05, 0) is 20.8 Å². The number of quaternary nitrogens is 1. The van der Waals surface area contributed by atoms with E-state index in [1.165, 1.54) is 0 Å². The fourth-order valence-electron chi connectivity index (χ4n) is 1.60. The van der Waals surface area contributed by atoms with Crippen molar-refractivity contribution in [3.63, 3.8) is 0 Å². The van der Waals surface area contributed by atoms with Crippen LogP contribution in [0.5, 0.6) is 0 Å². The van der Waals surface area contributed by atoms with Crippen molar-refractivity contribution in [2.45, 2.75) is 39.3 Å². The number of nitrogens with one attached hydrogen (secondary N) is 1. The van der Waals surface area contributed by atoms with E-state index >= 15 is 0 Å². The van der Waals surface area contributed by atoms with Crippen LogP contribution in [0.3, 0.4) is 0 Å². The Hall–Kier alpha value is -0.770. The minimum Gasteiger partial charge on any atom is -0.444 e. The van der Waals surface area contributed by atoms with E-state index in [-0.39, 0.29) is 12.1 Å². The van der Waals surface area contributed by atoms with Crippen molar-refractivity contribution in [2.24, 2.45) is 5.92 Å². The van der Waals surface area contributed by atoms with Crippen LogP contribution in [0.1, 0.15) is 27.7 Å². The van der Waals surface area contributed by atoms with Gasteiger partial charge in [-0.1, -0.05) is 6.92 Å². The maximum Gasteiger partial charge on any atom is 0.408 e. The lowest BCUT2D eigenvalue weighted by atomic mass is 10.1. The molecular formula is C10H21N2O2+. The normalized spacial score (nSPS) is 27.4. The molecule has 0 aliphatic carbocycles. The molecule has 82 valence electrons. The van der Waals surface area contributed by atoms with Crippen molar-refractivity contribution < 1.29 is 14.8 Å². The maximum absolute atomic E-state index is 11.4. The number of ether oxygens (including phenoxy) is 1. The maximum atomic E-state index is 11.4. The average Bonchev–Trinajstić information content (AvgIpc) is 2.32. The van der Waals surface area contributed by atoms with Crippen molar-refractivity contribution in [1.29, 1.82) is 0 Å². The van der Waals surface area contributed by atoms with Gasteiger partial charge in [-0.25, -0.2) is 4.79 Å². The van der Waals surface area contributed by atoms with E-state index in [1.54, 1.807) is 0 Å². The number of nitrogens with two attached hydrogens (primary N) is 1. The number of rotatable bonds is 1. The Morgan fingerprint density at radius 3 is 2.50 bits per heavy atom. The highest BCUT2D eigenvalue weighted by Crippen LogP contribution is 2.08. The van der Waals surface area contributed by atoms with Crippen LogP contribution >= 0.6 is 0 Å². The molecular weight excluding hydrogens is 180 g/mol. The van der Waals surface area contributed by atoms with E-state index in [1.807, 2.05) is 20.8 Å². The third kappa shape index (κ3) is 3.54. The number of hydrogen-bond donors (Lipinski definition) is 2. The van der Waals surface area contributed by atoms with E-state index in [2.05, 4.69) is 17.6 Å². The van der Waals surface area contributed by atoms with Crippen molar-refractivity contribution in [2.75, 3.05) is 13.1 Å². The van der Waals surface area contributed by atoms with E-state index in [4.69, 9.17) is 4.74 Å². The zero-order valence-corrected chi connectivity index (χ0v) is 9.46. The Balaban J connectivity index is 2.33. The molecule has 0 spiro atoms. The van der Waals surface area contributed by atoms with Crippen LogP contribution in [0.25, 0.3) is 0 Å². The van der Waals surface area contributed by atoms with Gasteiger partial charge in [0.2, 0.25) is 0 Å². The summed E-state index contributed by atoms with van der Waals surface area (Å²) < 4.78 is 5.18. The van der Waals surface area contributed by atoms with Crippen molar-refractivity contribution in [3.8, 4) is 0 Å². The molecule has 3 N–H and O–H groups in total. The van der Waals surface area contributed by atoms with Crippen LogP contribution in [-0.2, 0) is 4.74 Å². The molecule has 1 saturated heterocycles. The molecule has 1 heterocycles. The molecule has 14 heavy (non-hydrogen) atoms. The predicted octanol–water partition coefficient (Wildman–Crippen LogP) is 0.0928. The predicted molar refractivity (Wildman–Crippen MR) is 54.0 cm³/mol. The molecule has 1 aliphatic heterocycles. The first kappa shape index (κ1) is 11.3. The third-order valence-corrected chi connectivity index (χ3v) is 2.35. The summed E-state index contributed by atoms with van der Waals surface area (Å²) in [6.07, 6.45) is -0.301. The van der Waals surface area contributed by atoms with Gasteiger partial charge in [-0.15, -0.1) is 0 Å². The first-order chi connectivity index (χ1) is 6.38. The minimum atomic E-state index is -0.407. The van der Waals surface area contributed by atoms with Gasteiger partial charge >= 0.3 is 6.09 Å². The number of amides is 1. The highest BCUT2D eigenvalue weighted by molar-refractivity contribution is 5.68. The van der Waals surface area contributed by atoms with Gasteiger partial charge < -0.3 is 15.4 Å². The average molecular weight is 201 g/mol. The molecule has 4 heteroatoms. The van der Waals surface area contributed by atoms with E-state index < -0.39 is 5.60 Å². The summed E-state index contributed by atoms with van der Waals surface area (Å²) in [5, 5.41) is 5.11. The summed E-state index contributed by atoms with van der Waals surface area (Å²) >= 11 is 0. The fraction of sp³-hybridized carbons (Fsp3) is 0.900. The summed E-state index contributed by atoms with van der Waals surface area (Å²) in [6.45, 7) is 9.80. The summed E-state index contributed by atoms with van der Waals surface area (Å²) in [5.41, 5.74) is -0.407. The standard InChI is InChI=1S/C10H20N2O2/c1-7-5-11-6-8(7)12-9(13)14-10(2,3)4/h7-8,11H,5-6H2,1-4H3,(H,12,13)/p+1. The quantitative estimate of drug-likeness (QED) is 0.632. The van der Waals surface area contributed by atoms with Crippen LogP contribution in [-0.4, -0.2) is 30.8 Å². The van der Waals surface area contributed by atoms with Crippen LogP contribution < -0.4 is 10.6 Å². The van der Waals surface area contributed by atoms with Crippen LogP contribution in [0.4, 0.5) is 4.79 Å². The second-order valence-corrected chi connectivity index (χ2v) is 4.99. The summed E-state index contributed by atoms with van der Waals surface area (Å²) in [4.78, 5) is 11.4. The Bertz CT molecular complexity index is 211. The minimum absolute atomic E-state index is 0.254. The van der Waals surface area contributed by atoms with Crippen molar-refractivity contribution >= 4 is 6.09 Å². The van der Waals surface area contributed by atoms with Crippen LogP contribution in [0, 0.1) is 5.92 Å². The Morgan fingerprint density at radius 2 is 2.07 bits per heavy atom. The van der Waals surface area contributed by atoms with Gasteiger partial charge in [0.25, 0.3) is 0 Å². The highest BCUT2D eigenvalue weighted by Gasteiger charge is 2.29. The Morgan fingerprint density at radius 1 is 1.43 bits per heavy atom. The lowest BCUT2D eigenvalue weighted by Gasteiger charge is -2.21. The molecule has 2 unspecified atom stereocenters. The van der Waals surface area contributed by atoms with E-state index in [0.717, 1.165) is 13.1 Å². The smallest absolute Gasteiger partial charge is 0.408 e. The van der Waals surface area contributed by atoms with Gasteiger partial charge in [0.15, 0.2) is 0 Å². The van der Waals surface area contributed by atoms with Crippen LogP contribution in [0.15, 0.2) is 0 Å². The number of hydrogen-bond acceptors (Lipinski definition) is 2. The van der Waals surface area contributed by atoms with Crippen molar-refractivity contribution in [1.82, 2.24) is 5.32 Å². The number of alkyl carbamates (subject to hydrolysis) is 1. The van der Waals surface area contributed by atoms with Crippen LogP contribution in [0.2, 0.25) is 0 Å². The fourth-order valence-corrected chi connectivity index (χ4v) is 1.60. The summed E-state index contributed by atoms with van der Waals surface area (Å²) in [5.74, 6) is 0.530. The molecule has 1 fully saturated rings. The molecule has 1 rings (SSSR count). The number of carbonyl (C=O) groups is 1. The monoisotopic (exact) mass is 201 g/mol. The molecule has 0 saturated carbocycles. The lowest BCUT2D eigenvalue weighted by molar-refractivity contribution is -0.638. The molecule has 0 radical (unpaired) electrons. The third-order valence-electron chi connectivity index (χ3n) is 2.35. The van der Waals surface area contributed by atoms with E-state index in [0.29, 0.717) is 5.92 Å². The molecule has 0 aromatic heterocycles. The zero-order valence-electron chi connectivity index (χ0n) is 9.46. The highest BCUT2D eigenvalue weighted by atomic mass is 16.6. The Labute approximate surface area is 85.4 Å². The SMILES string of the molecule is CC1C[NH2+]CC1NC(=O)OC(C)(C)C. The van der Waals surface area contributed by atoms with Gasteiger partial charge in [0.05, 0.1) is 19.1 Å². The Kier molecular flexibility index (Phi) is 3.37. The van der Waals surface area contributed by atoms with Crippen molar-refractivity contribution in [3.05, 3.63) is 0 Å².